The molecule has 1 aliphatic heterocycles. The number of para-hydroxylation sites is 1. The second kappa shape index (κ2) is 8.79. The largest absolute Gasteiger partial charge is 0.463 e. The molecule has 3 aromatic heterocycles. The number of hydrogen-bond acceptors (Lipinski definition) is 5. The average Bonchev–Trinajstić information content (AvgIpc) is 3.50. The third-order valence-electron chi connectivity index (χ3n) is 6.32. The average molecular weight is 468 g/mol. The zero-order valence-corrected chi connectivity index (χ0v) is 18.9. The Hall–Kier alpha value is -4.33. The van der Waals surface area contributed by atoms with Crippen LogP contribution in [0.1, 0.15) is 35.4 Å². The molecule has 6 rings (SSSR count). The van der Waals surface area contributed by atoms with Gasteiger partial charge in [0.2, 0.25) is 0 Å². The number of benzene rings is 2. The predicted octanol–water partition coefficient (Wildman–Crippen LogP) is 5.87. The molecule has 0 fully saturated rings. The van der Waals surface area contributed by atoms with E-state index in [1.807, 2.05) is 24.3 Å². The number of nitrogens with zero attached hydrogens (tertiary/aromatic N) is 4. The Morgan fingerprint density at radius 2 is 1.91 bits per heavy atom. The summed E-state index contributed by atoms with van der Waals surface area (Å²) in [4.78, 5) is 18.0. The molecule has 0 saturated carbocycles. The van der Waals surface area contributed by atoms with E-state index < -0.39 is 11.7 Å². The maximum absolute atomic E-state index is 14.8. The Labute approximate surface area is 200 Å². The van der Waals surface area contributed by atoms with Crippen molar-refractivity contribution in [2.45, 2.75) is 32.2 Å². The Kier molecular flexibility index (Phi) is 5.33. The topological polar surface area (TPSA) is 85.8 Å². The van der Waals surface area contributed by atoms with Gasteiger partial charge in [0, 0.05) is 23.9 Å². The van der Waals surface area contributed by atoms with Gasteiger partial charge in [0.25, 0.3) is 5.91 Å². The molecule has 8 heteroatoms. The van der Waals surface area contributed by atoms with Gasteiger partial charge in [-0.15, -0.1) is 10.2 Å². The first-order chi connectivity index (χ1) is 17.2. The van der Waals surface area contributed by atoms with Gasteiger partial charge >= 0.3 is 0 Å². The number of halogens is 1. The van der Waals surface area contributed by atoms with Gasteiger partial charge in [0.1, 0.15) is 17.3 Å². The molecule has 0 bridgehead atoms. The number of nitrogens with one attached hydrogen (secondary N) is 1. The maximum Gasteiger partial charge on any atom is 0.256 e. The molecule has 1 N–H and O–H groups in total. The van der Waals surface area contributed by atoms with Crippen molar-refractivity contribution in [3.05, 3.63) is 84.1 Å². The van der Waals surface area contributed by atoms with Crippen LogP contribution >= 0.6 is 0 Å². The van der Waals surface area contributed by atoms with Crippen LogP contribution in [0.25, 0.3) is 33.7 Å². The highest BCUT2D eigenvalue weighted by atomic mass is 19.1. The van der Waals surface area contributed by atoms with Crippen LogP contribution in [0.5, 0.6) is 0 Å². The third-order valence-corrected chi connectivity index (χ3v) is 6.32. The Morgan fingerprint density at radius 1 is 1.00 bits per heavy atom. The first kappa shape index (κ1) is 21.2. The van der Waals surface area contributed by atoms with E-state index in [9.17, 15) is 9.18 Å². The third kappa shape index (κ3) is 3.97. The highest BCUT2D eigenvalue weighted by molar-refractivity contribution is 6.13. The molecule has 4 heterocycles. The quantitative estimate of drug-likeness (QED) is 0.357. The van der Waals surface area contributed by atoms with Crippen LogP contribution in [0.4, 0.5) is 10.1 Å². The van der Waals surface area contributed by atoms with Crippen LogP contribution in [0.2, 0.25) is 0 Å². The minimum absolute atomic E-state index is 0.0823. The number of pyridine rings is 1. The summed E-state index contributed by atoms with van der Waals surface area (Å²) in [5.41, 5.74) is 2.34. The van der Waals surface area contributed by atoms with E-state index in [-0.39, 0.29) is 5.69 Å². The lowest BCUT2D eigenvalue weighted by Gasteiger charge is -2.12. The Bertz CT molecular complexity index is 1540. The number of carbonyl (C=O) groups is 1. The number of aryl methyl sites for hydroxylation is 1. The lowest BCUT2D eigenvalue weighted by atomic mass is 10.1. The number of aromatic nitrogens is 4. The summed E-state index contributed by atoms with van der Waals surface area (Å²) in [6, 6.07) is 17.2. The molecule has 0 spiro atoms. The van der Waals surface area contributed by atoms with Crippen molar-refractivity contribution in [3.63, 3.8) is 0 Å². The van der Waals surface area contributed by atoms with Gasteiger partial charge in [-0.25, -0.2) is 9.37 Å². The fourth-order valence-corrected chi connectivity index (χ4v) is 4.56. The number of hydrogen-bond donors (Lipinski definition) is 1. The molecule has 0 atom stereocenters. The monoisotopic (exact) mass is 467 g/mol. The fraction of sp³-hybridized carbons (Fsp3) is 0.185. The molecule has 7 nitrogen and oxygen atoms in total. The van der Waals surface area contributed by atoms with Crippen LogP contribution in [0.15, 0.2) is 71.3 Å². The van der Waals surface area contributed by atoms with Gasteiger partial charge in [-0.05, 0) is 55.3 Å². The van der Waals surface area contributed by atoms with Gasteiger partial charge in [-0.3, -0.25) is 4.79 Å². The van der Waals surface area contributed by atoms with E-state index in [0.717, 1.165) is 38.1 Å². The normalized spacial score (nSPS) is 13.4. The summed E-state index contributed by atoms with van der Waals surface area (Å²) in [5.74, 6) is 1.22. The molecule has 0 saturated heterocycles. The minimum Gasteiger partial charge on any atom is -0.463 e. The van der Waals surface area contributed by atoms with Gasteiger partial charge in [-0.2, -0.15) is 0 Å². The maximum atomic E-state index is 14.8. The van der Waals surface area contributed by atoms with Crippen molar-refractivity contribution in [3.8, 4) is 22.8 Å². The van der Waals surface area contributed by atoms with E-state index in [4.69, 9.17) is 4.42 Å². The van der Waals surface area contributed by atoms with Gasteiger partial charge in [0.15, 0.2) is 11.6 Å². The van der Waals surface area contributed by atoms with E-state index in [1.54, 1.807) is 36.6 Å². The molecular formula is C27H22FN5O2. The van der Waals surface area contributed by atoms with Crippen molar-refractivity contribution in [1.29, 1.82) is 0 Å². The van der Waals surface area contributed by atoms with Crippen LogP contribution in [-0.2, 0) is 13.0 Å². The zero-order valence-electron chi connectivity index (χ0n) is 18.9. The molecule has 0 radical (unpaired) electrons. The highest BCUT2D eigenvalue weighted by Crippen LogP contribution is 2.29. The molecule has 0 unspecified atom stereocenters. The molecule has 1 amide bonds. The lowest BCUT2D eigenvalue weighted by molar-refractivity contribution is 0.102. The number of anilines is 1. The van der Waals surface area contributed by atoms with Crippen LogP contribution in [0, 0.1) is 5.82 Å². The second-order valence-corrected chi connectivity index (χ2v) is 8.60. The molecular weight excluding hydrogens is 445 g/mol. The number of amides is 1. The van der Waals surface area contributed by atoms with Crippen molar-refractivity contribution in [2.75, 3.05) is 5.32 Å². The van der Waals surface area contributed by atoms with Crippen LogP contribution in [-0.4, -0.2) is 25.7 Å². The number of rotatable bonds is 4. The number of carbonyl (C=O) groups excluding carboxylic acids is 1. The SMILES string of the molecule is O=C(Nc1cc(-c2nnc3n2CCCCC3)ccc1F)c1cc(-c2ccco2)nc2ccccc12. The first-order valence-corrected chi connectivity index (χ1v) is 11.6. The summed E-state index contributed by atoms with van der Waals surface area (Å²) in [7, 11) is 0. The molecule has 2 aromatic carbocycles. The van der Waals surface area contributed by atoms with E-state index in [1.165, 1.54) is 6.07 Å². The minimum atomic E-state index is -0.526. The van der Waals surface area contributed by atoms with Crippen LogP contribution < -0.4 is 5.32 Å². The van der Waals surface area contributed by atoms with E-state index >= 15 is 0 Å². The highest BCUT2D eigenvalue weighted by Gasteiger charge is 2.20. The number of furan rings is 1. The molecule has 0 aliphatic carbocycles. The smallest absolute Gasteiger partial charge is 0.256 e. The summed E-state index contributed by atoms with van der Waals surface area (Å²) in [6.07, 6.45) is 5.72. The van der Waals surface area contributed by atoms with Crippen molar-refractivity contribution in [2.24, 2.45) is 0 Å². The molecule has 35 heavy (non-hydrogen) atoms. The lowest BCUT2D eigenvalue weighted by Crippen LogP contribution is -2.14. The van der Waals surface area contributed by atoms with Crippen LogP contribution in [0.3, 0.4) is 0 Å². The van der Waals surface area contributed by atoms with Gasteiger partial charge in [-0.1, -0.05) is 24.6 Å². The first-order valence-electron chi connectivity index (χ1n) is 11.6. The van der Waals surface area contributed by atoms with Crippen molar-refractivity contribution >= 4 is 22.5 Å². The van der Waals surface area contributed by atoms with Crippen molar-refractivity contribution in [1.82, 2.24) is 19.7 Å². The summed E-state index contributed by atoms with van der Waals surface area (Å²) < 4.78 is 22.4. The number of fused-ring (bicyclic) bond motifs is 2. The van der Waals surface area contributed by atoms with Crippen molar-refractivity contribution < 1.29 is 13.6 Å². The van der Waals surface area contributed by atoms with Gasteiger partial charge in [0.05, 0.1) is 23.0 Å². The van der Waals surface area contributed by atoms with Gasteiger partial charge < -0.3 is 14.3 Å². The predicted molar refractivity (Wildman–Crippen MR) is 130 cm³/mol. The zero-order chi connectivity index (χ0) is 23.8. The van der Waals surface area contributed by atoms with E-state index in [0.29, 0.717) is 39.3 Å². The summed E-state index contributed by atoms with van der Waals surface area (Å²) in [5, 5.41) is 12.1. The molecule has 1 aliphatic rings. The Balaban J connectivity index is 1.37. The summed E-state index contributed by atoms with van der Waals surface area (Å²) >= 11 is 0. The fourth-order valence-electron chi connectivity index (χ4n) is 4.56. The summed E-state index contributed by atoms with van der Waals surface area (Å²) in [6.45, 7) is 0.829. The Morgan fingerprint density at radius 3 is 2.80 bits per heavy atom. The molecule has 5 aromatic rings. The standard InChI is InChI=1S/C27H22FN5O2/c28-20-12-11-17(26-32-31-25-10-2-1-5-13-33(25)26)15-22(20)30-27(34)19-16-23(24-9-6-14-35-24)29-21-8-4-3-7-18(19)21/h3-4,6-9,11-12,14-16H,1-2,5,10,13H2,(H,30,34). The second-order valence-electron chi connectivity index (χ2n) is 8.60. The van der Waals surface area contributed by atoms with E-state index in [2.05, 4.69) is 25.1 Å². The molecule has 174 valence electrons.